The number of hydrogen-bond donors (Lipinski definition) is 1. The van der Waals surface area contributed by atoms with Crippen LogP contribution < -0.4 is 14.4 Å². The molecule has 214 valence electrons. The van der Waals surface area contributed by atoms with E-state index in [0.29, 0.717) is 23.5 Å². The first-order valence-corrected chi connectivity index (χ1v) is 14.9. The second-order valence-corrected chi connectivity index (χ2v) is 11.7. The first-order valence-electron chi connectivity index (χ1n) is 13.4. The Labute approximate surface area is 238 Å². The lowest BCUT2D eigenvalue weighted by molar-refractivity contribution is -0.139. The van der Waals surface area contributed by atoms with Crippen molar-refractivity contribution in [3.8, 4) is 5.75 Å². The maximum Gasteiger partial charge on any atom is 0.264 e. The van der Waals surface area contributed by atoms with Crippen LogP contribution in [0, 0.1) is 13.8 Å². The molecule has 3 aromatic rings. The summed E-state index contributed by atoms with van der Waals surface area (Å²) >= 11 is 0. The first kappa shape index (κ1) is 30.7. The summed E-state index contributed by atoms with van der Waals surface area (Å²) in [5.74, 6) is -0.115. The van der Waals surface area contributed by atoms with Crippen LogP contribution in [0.3, 0.4) is 0 Å². The van der Waals surface area contributed by atoms with Crippen molar-refractivity contribution in [2.45, 2.75) is 58.0 Å². The maximum absolute atomic E-state index is 14.0. The lowest BCUT2D eigenvalue weighted by Gasteiger charge is -2.32. The summed E-state index contributed by atoms with van der Waals surface area (Å²) in [7, 11) is -2.53. The molecule has 1 atom stereocenters. The van der Waals surface area contributed by atoms with Crippen molar-refractivity contribution in [2.24, 2.45) is 0 Å². The van der Waals surface area contributed by atoms with Gasteiger partial charge in [0.2, 0.25) is 11.8 Å². The van der Waals surface area contributed by atoms with E-state index in [1.165, 1.54) is 17.0 Å². The predicted octanol–water partition coefficient (Wildman–Crippen LogP) is 4.84. The molecular formula is C31H39N3O5S. The molecule has 3 rings (SSSR count). The quantitative estimate of drug-likeness (QED) is 0.299. The van der Waals surface area contributed by atoms with Gasteiger partial charge in [0.25, 0.3) is 10.0 Å². The number of anilines is 1. The summed E-state index contributed by atoms with van der Waals surface area (Å²) in [5, 5.41) is 2.90. The largest absolute Gasteiger partial charge is 0.497 e. The van der Waals surface area contributed by atoms with Crippen LogP contribution in [0.1, 0.15) is 43.4 Å². The number of rotatable bonds is 13. The zero-order valence-electron chi connectivity index (χ0n) is 23.9. The highest BCUT2D eigenvalue weighted by atomic mass is 32.2. The Morgan fingerprint density at radius 3 is 2.27 bits per heavy atom. The van der Waals surface area contributed by atoms with E-state index >= 15 is 0 Å². The fraction of sp³-hybridized carbons (Fsp3) is 0.355. The van der Waals surface area contributed by atoms with Crippen LogP contribution in [-0.2, 0) is 26.2 Å². The summed E-state index contributed by atoms with van der Waals surface area (Å²) in [6.07, 6.45) is 1.74. The first-order chi connectivity index (χ1) is 19.1. The highest BCUT2D eigenvalue weighted by molar-refractivity contribution is 7.92. The van der Waals surface area contributed by atoms with Crippen LogP contribution >= 0.6 is 0 Å². The molecule has 0 fully saturated rings. The van der Waals surface area contributed by atoms with Crippen molar-refractivity contribution in [1.29, 1.82) is 0 Å². The zero-order valence-corrected chi connectivity index (χ0v) is 24.7. The number of sulfonamides is 1. The molecule has 0 aromatic heterocycles. The number of carbonyl (C=O) groups is 2. The molecule has 2 amide bonds. The number of ether oxygens (including phenoxy) is 1. The summed E-state index contributed by atoms with van der Waals surface area (Å²) < 4.78 is 34.2. The predicted molar refractivity (Wildman–Crippen MR) is 158 cm³/mol. The zero-order chi connectivity index (χ0) is 29.3. The van der Waals surface area contributed by atoms with Crippen LogP contribution in [-0.4, -0.2) is 51.4 Å². The Morgan fingerprint density at radius 1 is 0.975 bits per heavy atom. The van der Waals surface area contributed by atoms with E-state index in [-0.39, 0.29) is 17.3 Å². The number of carbonyl (C=O) groups excluding carboxylic acids is 2. The lowest BCUT2D eigenvalue weighted by Crippen LogP contribution is -2.51. The molecule has 0 aliphatic heterocycles. The molecule has 0 unspecified atom stereocenters. The van der Waals surface area contributed by atoms with Gasteiger partial charge in [0.15, 0.2) is 0 Å². The summed E-state index contributed by atoms with van der Waals surface area (Å²) in [6.45, 7) is 7.53. The van der Waals surface area contributed by atoms with Gasteiger partial charge in [-0.3, -0.25) is 13.9 Å². The molecule has 0 aliphatic carbocycles. The number of nitrogens with one attached hydrogen (secondary N) is 1. The molecule has 3 aromatic carbocycles. The average molecular weight is 566 g/mol. The van der Waals surface area contributed by atoms with Gasteiger partial charge < -0.3 is 15.0 Å². The number of benzene rings is 3. The average Bonchev–Trinajstić information content (AvgIpc) is 2.96. The fourth-order valence-electron chi connectivity index (χ4n) is 4.27. The van der Waals surface area contributed by atoms with Crippen LogP contribution in [0.25, 0.3) is 0 Å². The topological polar surface area (TPSA) is 96.0 Å². The van der Waals surface area contributed by atoms with Gasteiger partial charge in [0.05, 0.1) is 17.7 Å². The van der Waals surface area contributed by atoms with Gasteiger partial charge >= 0.3 is 0 Å². The monoisotopic (exact) mass is 565 g/mol. The van der Waals surface area contributed by atoms with E-state index in [1.54, 1.807) is 50.4 Å². The minimum Gasteiger partial charge on any atom is -0.497 e. The van der Waals surface area contributed by atoms with Crippen molar-refractivity contribution >= 4 is 27.5 Å². The second kappa shape index (κ2) is 14.0. The van der Waals surface area contributed by atoms with Gasteiger partial charge in [-0.25, -0.2) is 8.42 Å². The van der Waals surface area contributed by atoms with Gasteiger partial charge in [-0.05, 0) is 74.2 Å². The van der Waals surface area contributed by atoms with Crippen LogP contribution in [0.15, 0.2) is 77.7 Å². The number of hydrogen-bond acceptors (Lipinski definition) is 5. The molecule has 0 bridgehead atoms. The molecule has 0 heterocycles. The Hall–Kier alpha value is -3.85. The summed E-state index contributed by atoms with van der Waals surface area (Å²) in [6, 6.07) is 19.9. The van der Waals surface area contributed by atoms with E-state index in [2.05, 4.69) is 5.32 Å². The third-order valence-electron chi connectivity index (χ3n) is 6.75. The van der Waals surface area contributed by atoms with Crippen molar-refractivity contribution in [1.82, 2.24) is 10.2 Å². The fourth-order valence-corrected chi connectivity index (χ4v) is 5.76. The summed E-state index contributed by atoms with van der Waals surface area (Å²) in [4.78, 5) is 28.6. The standard InChI is InChI=1S/C31H39N3O5S/c1-6-7-19-32-31(36)25(4)33(21-26-15-17-27(39-5)18-16-26)30(35)22-34(29-20-23(2)13-14-24(29)3)40(37,38)28-11-9-8-10-12-28/h8-18,20,25H,6-7,19,21-22H2,1-5H3,(H,32,36)/t25-/m1/s1. The molecular weight excluding hydrogens is 526 g/mol. The normalized spacial score (nSPS) is 11.9. The highest BCUT2D eigenvalue weighted by Crippen LogP contribution is 2.28. The van der Waals surface area contributed by atoms with Crippen molar-refractivity contribution in [3.05, 3.63) is 89.5 Å². The molecule has 0 radical (unpaired) electrons. The molecule has 9 heteroatoms. The minimum absolute atomic E-state index is 0.0794. The van der Waals surface area contributed by atoms with E-state index in [1.807, 2.05) is 45.0 Å². The van der Waals surface area contributed by atoms with E-state index in [4.69, 9.17) is 4.74 Å². The van der Waals surface area contributed by atoms with Gasteiger partial charge in [-0.1, -0.05) is 55.8 Å². The van der Waals surface area contributed by atoms with Crippen LogP contribution in [0.2, 0.25) is 0 Å². The lowest BCUT2D eigenvalue weighted by atomic mass is 10.1. The molecule has 0 aliphatic rings. The number of amides is 2. The number of aryl methyl sites for hydroxylation is 2. The third kappa shape index (κ3) is 7.63. The van der Waals surface area contributed by atoms with E-state index < -0.39 is 28.5 Å². The van der Waals surface area contributed by atoms with Gasteiger partial charge in [-0.2, -0.15) is 0 Å². The molecule has 0 saturated heterocycles. The molecule has 0 spiro atoms. The number of methoxy groups -OCH3 is 1. The maximum atomic E-state index is 14.0. The van der Waals surface area contributed by atoms with Crippen molar-refractivity contribution < 1.29 is 22.7 Å². The molecule has 1 N–H and O–H groups in total. The molecule has 8 nitrogen and oxygen atoms in total. The second-order valence-electron chi connectivity index (χ2n) is 9.80. The highest BCUT2D eigenvalue weighted by Gasteiger charge is 2.33. The van der Waals surface area contributed by atoms with Gasteiger partial charge in [0, 0.05) is 13.1 Å². The third-order valence-corrected chi connectivity index (χ3v) is 8.53. The van der Waals surface area contributed by atoms with E-state index in [9.17, 15) is 18.0 Å². The Kier molecular flexibility index (Phi) is 10.7. The SMILES string of the molecule is CCCCNC(=O)[C@@H](C)N(Cc1ccc(OC)cc1)C(=O)CN(c1cc(C)ccc1C)S(=O)(=O)c1ccccc1. The van der Waals surface area contributed by atoms with Crippen molar-refractivity contribution in [2.75, 3.05) is 24.5 Å². The minimum atomic E-state index is -4.10. The van der Waals surface area contributed by atoms with E-state index in [0.717, 1.165) is 28.3 Å². The van der Waals surface area contributed by atoms with Gasteiger partial charge in [-0.15, -0.1) is 0 Å². The van der Waals surface area contributed by atoms with Crippen LogP contribution in [0.4, 0.5) is 5.69 Å². The molecule has 40 heavy (non-hydrogen) atoms. The van der Waals surface area contributed by atoms with Crippen molar-refractivity contribution in [3.63, 3.8) is 0 Å². The summed E-state index contributed by atoms with van der Waals surface area (Å²) in [5.41, 5.74) is 2.78. The number of nitrogens with zero attached hydrogens (tertiary/aromatic N) is 2. The Morgan fingerprint density at radius 2 is 1.65 bits per heavy atom. The molecule has 0 saturated carbocycles. The van der Waals surface area contributed by atoms with Gasteiger partial charge in [0.1, 0.15) is 18.3 Å². The number of unbranched alkanes of at least 4 members (excludes halogenated alkanes) is 1. The Bertz CT molecular complexity index is 1390. The Balaban J connectivity index is 2.02. The smallest absolute Gasteiger partial charge is 0.264 e. The van der Waals surface area contributed by atoms with Crippen LogP contribution in [0.5, 0.6) is 5.75 Å².